The zero-order valence-corrected chi connectivity index (χ0v) is 18.9. The summed E-state index contributed by atoms with van der Waals surface area (Å²) in [5.74, 6) is 0.529. The molecule has 2 aromatic carbocycles. The fraction of sp³-hybridized carbons (Fsp3) is 0.348. The van der Waals surface area contributed by atoms with Crippen LogP contribution in [0.1, 0.15) is 18.4 Å². The molecule has 2 N–H and O–H groups in total. The van der Waals surface area contributed by atoms with Crippen molar-refractivity contribution in [3.63, 3.8) is 0 Å². The first-order chi connectivity index (χ1) is 15.1. The smallest absolute Gasteiger partial charge is 0.228 e. The molecule has 9 heteroatoms. The summed E-state index contributed by atoms with van der Waals surface area (Å²) in [6.07, 6.45) is 1.74. The summed E-state index contributed by atoms with van der Waals surface area (Å²) < 4.78 is 5.41. The lowest BCUT2D eigenvalue weighted by atomic mass is 9.78. The van der Waals surface area contributed by atoms with E-state index >= 15 is 0 Å². The number of morpholine rings is 1. The Morgan fingerprint density at radius 1 is 1.22 bits per heavy atom. The average Bonchev–Trinajstić information content (AvgIpc) is 3.16. The molecule has 0 spiro atoms. The molecule has 0 bridgehead atoms. The van der Waals surface area contributed by atoms with Gasteiger partial charge in [0.1, 0.15) is 0 Å². The fourth-order valence-corrected chi connectivity index (χ4v) is 4.58. The van der Waals surface area contributed by atoms with Gasteiger partial charge < -0.3 is 10.1 Å². The molecule has 2 fully saturated rings. The van der Waals surface area contributed by atoms with Gasteiger partial charge >= 0.3 is 0 Å². The molecule has 32 heavy (non-hydrogen) atoms. The van der Waals surface area contributed by atoms with Gasteiger partial charge in [-0.2, -0.15) is 10.4 Å². The van der Waals surface area contributed by atoms with Crippen LogP contribution in [0, 0.1) is 17.2 Å². The monoisotopic (exact) mass is 471 g/mol. The lowest BCUT2D eigenvalue weighted by Crippen LogP contribution is -2.51. The third kappa shape index (κ3) is 4.32. The number of carbonyl (C=O) groups excluding carboxylic acids is 1. The molecule has 166 valence electrons. The van der Waals surface area contributed by atoms with Gasteiger partial charge in [0.05, 0.1) is 30.4 Å². The topological polar surface area (TPSA) is 94.0 Å². The van der Waals surface area contributed by atoms with Crippen molar-refractivity contribution < 1.29 is 9.53 Å². The molecular weight excluding hydrogens is 449 g/mol. The Kier molecular flexibility index (Phi) is 6.68. The molecule has 1 aromatic heterocycles. The van der Waals surface area contributed by atoms with Gasteiger partial charge in [0.25, 0.3) is 0 Å². The van der Waals surface area contributed by atoms with Crippen molar-refractivity contribution in [2.75, 3.05) is 31.6 Å². The zero-order chi connectivity index (χ0) is 21.4. The van der Waals surface area contributed by atoms with Gasteiger partial charge in [-0.1, -0.05) is 17.7 Å². The number of nitrogens with zero attached hydrogens (tertiary/aromatic N) is 3. The number of nitriles is 1. The lowest BCUT2D eigenvalue weighted by Gasteiger charge is -2.43. The number of aromatic nitrogens is 2. The van der Waals surface area contributed by atoms with E-state index in [4.69, 9.17) is 16.3 Å². The van der Waals surface area contributed by atoms with E-state index in [2.05, 4.69) is 26.5 Å². The van der Waals surface area contributed by atoms with E-state index in [0.29, 0.717) is 22.4 Å². The predicted octanol–water partition coefficient (Wildman–Crippen LogP) is 4.23. The molecule has 2 aliphatic rings. The molecule has 1 saturated carbocycles. The van der Waals surface area contributed by atoms with Gasteiger partial charge in [0.2, 0.25) is 5.91 Å². The second-order valence-corrected chi connectivity index (χ2v) is 8.51. The number of hydrogen-bond donors (Lipinski definition) is 2. The van der Waals surface area contributed by atoms with Crippen LogP contribution >= 0.6 is 24.0 Å². The first kappa shape index (κ1) is 22.6. The fourth-order valence-electron chi connectivity index (χ4n) is 4.35. The molecule has 5 rings (SSSR count). The number of H-pyrrole nitrogens is 1. The van der Waals surface area contributed by atoms with Crippen molar-refractivity contribution in [2.45, 2.75) is 18.9 Å². The Bertz CT molecular complexity index is 1180. The van der Waals surface area contributed by atoms with Crippen LogP contribution in [-0.2, 0) is 9.53 Å². The first-order valence-corrected chi connectivity index (χ1v) is 10.8. The highest BCUT2D eigenvalue weighted by atomic mass is 35.5. The van der Waals surface area contributed by atoms with Crippen molar-refractivity contribution in [3.8, 4) is 17.2 Å². The molecular formula is C23H23Cl2N5O2. The molecule has 1 aliphatic carbocycles. The number of anilines is 1. The van der Waals surface area contributed by atoms with Crippen molar-refractivity contribution in [2.24, 2.45) is 5.92 Å². The van der Waals surface area contributed by atoms with Gasteiger partial charge in [0.15, 0.2) is 5.82 Å². The summed E-state index contributed by atoms with van der Waals surface area (Å²) in [5, 5.41) is 20.9. The van der Waals surface area contributed by atoms with E-state index < -0.39 is 0 Å². The summed E-state index contributed by atoms with van der Waals surface area (Å²) in [6.45, 7) is 3.44. The molecule has 1 amide bonds. The second kappa shape index (κ2) is 9.47. The maximum absolute atomic E-state index is 12.8. The number of aromatic amines is 1. The number of halogens is 2. The van der Waals surface area contributed by atoms with Crippen LogP contribution in [0.15, 0.2) is 36.4 Å². The largest absolute Gasteiger partial charge is 0.379 e. The highest BCUT2D eigenvalue weighted by Gasteiger charge is 2.38. The standard InChI is InChI=1S/C23H22ClN5O2.ClH/c24-20-3-1-14(13-25)9-18(20)15-2-4-21-19(12-15)22(28-27-21)26-23(30)16-10-17(11-16)29-5-7-31-8-6-29;/h1-4,9,12,16-17H,5-8,10-11H2,(H2,26,27,28,30);1H. The SMILES string of the molecule is Cl.N#Cc1ccc(Cl)c(-c2ccc3[nH]nc(NC(=O)C4CC(N5CCOCC5)C4)c3c2)c1. The number of rotatable bonds is 4. The van der Waals surface area contributed by atoms with Crippen molar-refractivity contribution >= 4 is 46.6 Å². The lowest BCUT2D eigenvalue weighted by molar-refractivity contribution is -0.125. The minimum Gasteiger partial charge on any atom is -0.379 e. The van der Waals surface area contributed by atoms with Crippen molar-refractivity contribution in [3.05, 3.63) is 47.0 Å². The van der Waals surface area contributed by atoms with E-state index in [1.54, 1.807) is 18.2 Å². The number of benzene rings is 2. The Balaban J connectivity index is 0.00000245. The van der Waals surface area contributed by atoms with E-state index in [9.17, 15) is 10.1 Å². The summed E-state index contributed by atoms with van der Waals surface area (Å²) in [4.78, 5) is 15.2. The van der Waals surface area contributed by atoms with Gasteiger partial charge in [0, 0.05) is 41.0 Å². The van der Waals surface area contributed by atoms with Gasteiger partial charge in [-0.3, -0.25) is 14.8 Å². The summed E-state index contributed by atoms with van der Waals surface area (Å²) in [5.41, 5.74) is 3.00. The molecule has 1 saturated heterocycles. The van der Waals surface area contributed by atoms with Crippen LogP contribution in [0.3, 0.4) is 0 Å². The number of amides is 1. The third-order valence-electron chi connectivity index (χ3n) is 6.26. The number of hydrogen-bond acceptors (Lipinski definition) is 5. The Morgan fingerprint density at radius 2 is 2.00 bits per heavy atom. The molecule has 7 nitrogen and oxygen atoms in total. The summed E-state index contributed by atoms with van der Waals surface area (Å²) in [7, 11) is 0. The average molecular weight is 472 g/mol. The molecule has 0 radical (unpaired) electrons. The normalized spacial score (nSPS) is 20.8. The highest BCUT2D eigenvalue weighted by Crippen LogP contribution is 2.35. The summed E-state index contributed by atoms with van der Waals surface area (Å²) in [6, 6.07) is 13.6. The van der Waals surface area contributed by atoms with Crippen molar-refractivity contribution in [1.82, 2.24) is 15.1 Å². The first-order valence-electron chi connectivity index (χ1n) is 10.4. The molecule has 0 unspecified atom stereocenters. The van der Waals surface area contributed by atoms with Gasteiger partial charge in [-0.05, 0) is 48.7 Å². The maximum atomic E-state index is 12.8. The van der Waals surface area contributed by atoms with E-state index in [1.165, 1.54) is 0 Å². The van der Waals surface area contributed by atoms with Crippen LogP contribution < -0.4 is 5.32 Å². The van der Waals surface area contributed by atoms with Crippen LogP contribution in [0.2, 0.25) is 5.02 Å². The zero-order valence-electron chi connectivity index (χ0n) is 17.3. The minimum absolute atomic E-state index is 0. The number of nitrogens with one attached hydrogen (secondary N) is 2. The number of ether oxygens (including phenoxy) is 1. The van der Waals surface area contributed by atoms with Crippen LogP contribution in [0.25, 0.3) is 22.0 Å². The van der Waals surface area contributed by atoms with E-state index in [-0.39, 0.29) is 24.2 Å². The Labute approximate surface area is 197 Å². The number of fused-ring (bicyclic) bond motifs is 1. The van der Waals surface area contributed by atoms with E-state index in [0.717, 1.165) is 61.2 Å². The third-order valence-corrected chi connectivity index (χ3v) is 6.59. The quantitative estimate of drug-likeness (QED) is 0.593. The van der Waals surface area contributed by atoms with Gasteiger partial charge in [-0.15, -0.1) is 12.4 Å². The van der Waals surface area contributed by atoms with Crippen LogP contribution in [0.4, 0.5) is 5.82 Å². The molecule has 2 heterocycles. The predicted molar refractivity (Wildman–Crippen MR) is 126 cm³/mol. The summed E-state index contributed by atoms with van der Waals surface area (Å²) >= 11 is 6.37. The highest BCUT2D eigenvalue weighted by molar-refractivity contribution is 6.33. The van der Waals surface area contributed by atoms with Crippen LogP contribution in [0.5, 0.6) is 0 Å². The van der Waals surface area contributed by atoms with Crippen molar-refractivity contribution in [1.29, 1.82) is 5.26 Å². The number of carbonyl (C=O) groups is 1. The molecule has 0 atom stereocenters. The second-order valence-electron chi connectivity index (χ2n) is 8.10. The minimum atomic E-state index is 0. The molecule has 1 aliphatic heterocycles. The Hall–Kier alpha value is -2.63. The van der Waals surface area contributed by atoms with Crippen LogP contribution in [-0.4, -0.2) is 53.3 Å². The maximum Gasteiger partial charge on any atom is 0.228 e. The van der Waals surface area contributed by atoms with Gasteiger partial charge in [-0.25, -0.2) is 0 Å². The Morgan fingerprint density at radius 3 is 2.75 bits per heavy atom. The molecule has 3 aromatic rings. The van der Waals surface area contributed by atoms with E-state index in [1.807, 2.05) is 18.2 Å².